The zero-order valence-corrected chi connectivity index (χ0v) is 9.47. The van der Waals surface area contributed by atoms with Gasteiger partial charge in [0.25, 0.3) is 5.91 Å². The van der Waals surface area contributed by atoms with E-state index in [1.54, 1.807) is 0 Å². The van der Waals surface area contributed by atoms with Crippen LogP contribution in [-0.2, 0) is 20.7 Å². The van der Waals surface area contributed by atoms with Crippen molar-refractivity contribution in [3.8, 4) is 12.3 Å². The smallest absolute Gasteiger partial charge is 0.328 e. The van der Waals surface area contributed by atoms with E-state index in [-0.39, 0.29) is 0 Å². The van der Waals surface area contributed by atoms with Crippen LogP contribution in [0.15, 0.2) is 30.3 Å². The molecule has 0 heterocycles. The highest BCUT2D eigenvalue weighted by Crippen LogP contribution is 2.04. The summed E-state index contributed by atoms with van der Waals surface area (Å²) in [6.07, 6.45) is 5.29. The van der Waals surface area contributed by atoms with Crippen molar-refractivity contribution in [1.82, 2.24) is 5.32 Å². The summed E-state index contributed by atoms with van der Waals surface area (Å²) in [6.45, 7) is 0. The van der Waals surface area contributed by atoms with Crippen LogP contribution in [-0.4, -0.2) is 25.0 Å². The van der Waals surface area contributed by atoms with Gasteiger partial charge in [0.1, 0.15) is 6.04 Å². The molecule has 0 aliphatic carbocycles. The number of terminal acetylenes is 1. The van der Waals surface area contributed by atoms with E-state index in [0.29, 0.717) is 6.42 Å². The number of ether oxygens (including phenoxy) is 1. The van der Waals surface area contributed by atoms with E-state index < -0.39 is 17.9 Å². The molecule has 1 atom stereocenters. The third-order valence-electron chi connectivity index (χ3n) is 2.20. The lowest BCUT2D eigenvalue weighted by Crippen LogP contribution is -2.42. The second-order valence-corrected chi connectivity index (χ2v) is 3.38. The fourth-order valence-electron chi connectivity index (χ4n) is 1.39. The molecule has 1 rings (SSSR count). The molecule has 0 saturated carbocycles. The summed E-state index contributed by atoms with van der Waals surface area (Å²) in [5, 5.41) is 2.42. The summed E-state index contributed by atoms with van der Waals surface area (Å²) in [5.41, 5.74) is 0.917. The standard InChI is InChI=1S/C13H13NO3/c1-3-12(15)14-11(13(16)17-2)9-10-7-5-4-6-8-10/h1,4-8,11H,9H2,2H3,(H,14,15). The molecule has 17 heavy (non-hydrogen) atoms. The highest BCUT2D eigenvalue weighted by molar-refractivity contribution is 5.95. The first-order valence-corrected chi connectivity index (χ1v) is 5.06. The largest absolute Gasteiger partial charge is 0.467 e. The van der Waals surface area contributed by atoms with Crippen LogP contribution in [0.1, 0.15) is 5.56 Å². The lowest BCUT2D eigenvalue weighted by Gasteiger charge is -2.14. The van der Waals surface area contributed by atoms with Crippen LogP contribution in [0.25, 0.3) is 0 Å². The number of amides is 1. The van der Waals surface area contributed by atoms with Crippen LogP contribution in [0, 0.1) is 12.3 Å². The second-order valence-electron chi connectivity index (χ2n) is 3.38. The first kappa shape index (κ1) is 12.8. The Bertz CT molecular complexity index is 434. The Morgan fingerprint density at radius 1 is 1.41 bits per heavy atom. The molecule has 0 bridgehead atoms. The highest BCUT2D eigenvalue weighted by Gasteiger charge is 2.20. The average molecular weight is 231 g/mol. The van der Waals surface area contributed by atoms with Gasteiger partial charge in [0.15, 0.2) is 0 Å². The topological polar surface area (TPSA) is 55.4 Å². The van der Waals surface area contributed by atoms with Crippen molar-refractivity contribution in [3.63, 3.8) is 0 Å². The summed E-state index contributed by atoms with van der Waals surface area (Å²) in [5.74, 6) is 0.758. The quantitative estimate of drug-likeness (QED) is 0.607. The minimum Gasteiger partial charge on any atom is -0.467 e. The maximum absolute atomic E-state index is 11.5. The molecule has 1 aromatic carbocycles. The van der Waals surface area contributed by atoms with Crippen molar-refractivity contribution in [2.75, 3.05) is 7.11 Å². The molecule has 0 spiro atoms. The molecule has 88 valence electrons. The van der Waals surface area contributed by atoms with Crippen LogP contribution < -0.4 is 5.32 Å². The fourth-order valence-corrected chi connectivity index (χ4v) is 1.39. The summed E-state index contributed by atoms with van der Waals surface area (Å²) in [7, 11) is 1.27. The number of methoxy groups -OCH3 is 1. The van der Waals surface area contributed by atoms with Gasteiger partial charge < -0.3 is 10.1 Å². The molecule has 0 radical (unpaired) electrons. The average Bonchev–Trinajstić information content (AvgIpc) is 2.38. The Morgan fingerprint density at radius 2 is 2.06 bits per heavy atom. The lowest BCUT2D eigenvalue weighted by atomic mass is 10.1. The predicted molar refractivity (Wildman–Crippen MR) is 62.9 cm³/mol. The molecule has 4 nitrogen and oxygen atoms in total. The molecule has 1 N–H and O–H groups in total. The minimum atomic E-state index is -0.758. The van der Waals surface area contributed by atoms with Crippen molar-refractivity contribution in [3.05, 3.63) is 35.9 Å². The fraction of sp³-hybridized carbons (Fsp3) is 0.231. The number of esters is 1. The van der Waals surface area contributed by atoms with Crippen molar-refractivity contribution in [2.45, 2.75) is 12.5 Å². The van der Waals surface area contributed by atoms with E-state index in [9.17, 15) is 9.59 Å². The SMILES string of the molecule is C#CC(=O)NC(Cc1ccccc1)C(=O)OC. The number of carbonyl (C=O) groups is 2. The van der Waals surface area contributed by atoms with E-state index in [4.69, 9.17) is 6.42 Å². The van der Waals surface area contributed by atoms with Crippen molar-refractivity contribution < 1.29 is 14.3 Å². The van der Waals surface area contributed by atoms with Gasteiger partial charge in [-0.15, -0.1) is 6.42 Å². The van der Waals surface area contributed by atoms with E-state index in [1.807, 2.05) is 36.3 Å². The summed E-state index contributed by atoms with van der Waals surface area (Å²) < 4.78 is 4.61. The first-order chi connectivity index (χ1) is 8.17. The third kappa shape index (κ3) is 3.99. The van der Waals surface area contributed by atoms with Crippen molar-refractivity contribution in [1.29, 1.82) is 0 Å². The number of benzene rings is 1. The van der Waals surface area contributed by atoms with Gasteiger partial charge in [0, 0.05) is 6.42 Å². The Balaban J connectivity index is 2.74. The van der Waals surface area contributed by atoms with Crippen molar-refractivity contribution in [2.24, 2.45) is 0 Å². The molecule has 0 fully saturated rings. The number of hydrogen-bond acceptors (Lipinski definition) is 3. The van der Waals surface area contributed by atoms with Gasteiger partial charge in [-0.1, -0.05) is 30.3 Å². The zero-order chi connectivity index (χ0) is 12.7. The predicted octanol–water partition coefficient (Wildman–Crippen LogP) is 0.520. The number of rotatable bonds is 4. The van der Waals surface area contributed by atoms with Gasteiger partial charge in [0.2, 0.25) is 0 Å². The normalized spacial score (nSPS) is 11.1. The van der Waals surface area contributed by atoms with Crippen LogP contribution in [0.2, 0.25) is 0 Å². The Labute approximate surface area is 100.0 Å². The van der Waals surface area contributed by atoms with Crippen LogP contribution in [0.4, 0.5) is 0 Å². The van der Waals surface area contributed by atoms with Gasteiger partial charge in [-0.25, -0.2) is 4.79 Å². The van der Waals surface area contributed by atoms with E-state index in [1.165, 1.54) is 7.11 Å². The molecule has 1 amide bonds. The highest BCUT2D eigenvalue weighted by atomic mass is 16.5. The summed E-state index contributed by atoms with van der Waals surface area (Å²) in [4.78, 5) is 22.5. The molecule has 0 aromatic heterocycles. The van der Waals surface area contributed by atoms with Gasteiger partial charge >= 0.3 is 5.97 Å². The van der Waals surface area contributed by atoms with Crippen molar-refractivity contribution >= 4 is 11.9 Å². The Morgan fingerprint density at radius 3 is 2.59 bits per heavy atom. The maximum Gasteiger partial charge on any atom is 0.328 e. The molecule has 1 unspecified atom stereocenters. The van der Waals surface area contributed by atoms with Gasteiger partial charge in [-0.2, -0.15) is 0 Å². The van der Waals surface area contributed by atoms with E-state index in [2.05, 4.69) is 10.1 Å². The number of nitrogens with one attached hydrogen (secondary N) is 1. The molecule has 0 aliphatic heterocycles. The van der Waals surface area contributed by atoms with E-state index in [0.717, 1.165) is 5.56 Å². The third-order valence-corrected chi connectivity index (χ3v) is 2.20. The van der Waals surface area contributed by atoms with Crippen LogP contribution in [0.5, 0.6) is 0 Å². The number of carbonyl (C=O) groups excluding carboxylic acids is 2. The zero-order valence-electron chi connectivity index (χ0n) is 9.47. The molecule has 0 aliphatic rings. The molecular weight excluding hydrogens is 218 g/mol. The lowest BCUT2D eigenvalue weighted by molar-refractivity contribution is -0.144. The maximum atomic E-state index is 11.5. The Hall–Kier alpha value is -2.28. The molecule has 1 aromatic rings. The summed E-state index contributed by atoms with van der Waals surface area (Å²) >= 11 is 0. The van der Waals surface area contributed by atoms with Gasteiger partial charge in [-0.05, 0) is 11.5 Å². The minimum absolute atomic E-state index is 0.348. The molecule has 4 heteroatoms. The van der Waals surface area contributed by atoms with Crippen LogP contribution in [0.3, 0.4) is 0 Å². The Kier molecular flexibility index (Phi) is 4.77. The van der Waals surface area contributed by atoms with E-state index >= 15 is 0 Å². The second kappa shape index (κ2) is 6.33. The molecule has 0 saturated heterocycles. The monoisotopic (exact) mass is 231 g/mol. The van der Waals surface area contributed by atoms with Gasteiger partial charge in [0.05, 0.1) is 7.11 Å². The molecular formula is C13H13NO3. The van der Waals surface area contributed by atoms with Crippen LogP contribution >= 0.6 is 0 Å². The van der Waals surface area contributed by atoms with Gasteiger partial charge in [-0.3, -0.25) is 4.79 Å². The first-order valence-electron chi connectivity index (χ1n) is 5.06. The number of hydrogen-bond donors (Lipinski definition) is 1. The summed E-state index contributed by atoms with van der Waals surface area (Å²) in [6, 6.07) is 8.54.